The first-order valence-corrected chi connectivity index (χ1v) is 6.72. The number of rotatable bonds is 3. The Balaban J connectivity index is 1.88. The van der Waals surface area contributed by atoms with Crippen molar-refractivity contribution in [2.45, 2.75) is 56.2 Å². The van der Waals surface area contributed by atoms with Crippen LogP contribution in [0.4, 0.5) is 13.2 Å². The zero-order chi connectivity index (χ0) is 13.9. The summed E-state index contributed by atoms with van der Waals surface area (Å²) in [6.45, 7) is 0. The molecule has 0 unspecified atom stereocenters. The van der Waals surface area contributed by atoms with Crippen LogP contribution in [0.25, 0.3) is 0 Å². The predicted octanol–water partition coefficient (Wildman–Crippen LogP) is 4.42. The van der Waals surface area contributed by atoms with E-state index in [1.54, 1.807) is 0 Å². The third-order valence-corrected chi connectivity index (χ3v) is 4.06. The summed E-state index contributed by atoms with van der Waals surface area (Å²) < 4.78 is 36.6. The van der Waals surface area contributed by atoms with Crippen LogP contribution in [-0.2, 0) is 0 Å². The minimum absolute atomic E-state index is 0.169. The van der Waals surface area contributed by atoms with E-state index >= 15 is 0 Å². The van der Waals surface area contributed by atoms with Gasteiger partial charge in [-0.2, -0.15) is 13.2 Å². The average Bonchev–Trinajstić information content (AvgIpc) is 2.38. The van der Waals surface area contributed by atoms with Crippen molar-refractivity contribution in [1.29, 1.82) is 0 Å². The van der Waals surface area contributed by atoms with E-state index in [0.29, 0.717) is 18.8 Å². The highest BCUT2D eigenvalue weighted by atomic mass is 19.4. The smallest absolute Gasteiger partial charge is 0.389 e. The third-order valence-electron chi connectivity index (χ3n) is 4.06. The van der Waals surface area contributed by atoms with E-state index in [-0.39, 0.29) is 6.42 Å². The standard InChI is InChI=1S/C15H19F3O/c16-15(17,18)11-10-14(19)8-6-13(7-9-14)12-4-2-1-3-5-12/h1-5,13,19H,6-11H2. The lowest BCUT2D eigenvalue weighted by Gasteiger charge is -2.36. The van der Waals surface area contributed by atoms with Crippen molar-refractivity contribution < 1.29 is 18.3 Å². The van der Waals surface area contributed by atoms with Gasteiger partial charge in [0.15, 0.2) is 0 Å². The molecule has 0 bridgehead atoms. The summed E-state index contributed by atoms with van der Waals surface area (Å²) in [5.74, 6) is 0.368. The maximum Gasteiger partial charge on any atom is 0.389 e. The molecule has 0 heterocycles. The third kappa shape index (κ3) is 4.23. The second-order valence-electron chi connectivity index (χ2n) is 5.52. The minimum Gasteiger partial charge on any atom is -0.390 e. The van der Waals surface area contributed by atoms with Crippen LogP contribution in [-0.4, -0.2) is 16.9 Å². The molecule has 0 radical (unpaired) electrons. The van der Waals surface area contributed by atoms with Gasteiger partial charge < -0.3 is 5.11 Å². The fraction of sp³-hybridized carbons (Fsp3) is 0.600. The molecule has 1 saturated carbocycles. The summed E-state index contributed by atoms with van der Waals surface area (Å²) in [6.07, 6.45) is -2.79. The van der Waals surface area contributed by atoms with Crippen LogP contribution in [0.2, 0.25) is 0 Å². The van der Waals surface area contributed by atoms with Gasteiger partial charge >= 0.3 is 6.18 Å². The van der Waals surface area contributed by atoms with Gasteiger partial charge in [0.05, 0.1) is 5.60 Å². The lowest BCUT2D eigenvalue weighted by molar-refractivity contribution is -0.149. The Kier molecular flexibility index (Phi) is 4.19. The quantitative estimate of drug-likeness (QED) is 0.863. The van der Waals surface area contributed by atoms with E-state index < -0.39 is 18.2 Å². The summed E-state index contributed by atoms with van der Waals surface area (Å²) in [5, 5.41) is 10.2. The molecular formula is C15H19F3O. The van der Waals surface area contributed by atoms with Gasteiger partial charge in [-0.05, 0) is 43.6 Å². The number of alkyl halides is 3. The largest absolute Gasteiger partial charge is 0.390 e. The Labute approximate surface area is 111 Å². The molecular weight excluding hydrogens is 253 g/mol. The zero-order valence-corrected chi connectivity index (χ0v) is 10.8. The Morgan fingerprint density at radius 2 is 1.68 bits per heavy atom. The SMILES string of the molecule is OC1(CCC(F)(F)F)CCC(c2ccccc2)CC1. The summed E-state index contributed by atoms with van der Waals surface area (Å²) in [6, 6.07) is 9.99. The second kappa shape index (κ2) is 5.53. The molecule has 2 rings (SSSR count). The van der Waals surface area contributed by atoms with Crippen molar-refractivity contribution >= 4 is 0 Å². The van der Waals surface area contributed by atoms with Crippen LogP contribution >= 0.6 is 0 Å². The van der Waals surface area contributed by atoms with Crippen LogP contribution in [0.3, 0.4) is 0 Å². The van der Waals surface area contributed by atoms with Gasteiger partial charge in [0.1, 0.15) is 0 Å². The van der Waals surface area contributed by atoms with Gasteiger partial charge in [-0.15, -0.1) is 0 Å². The average molecular weight is 272 g/mol. The molecule has 106 valence electrons. The Morgan fingerprint density at radius 1 is 1.11 bits per heavy atom. The molecule has 1 nitrogen and oxygen atoms in total. The lowest BCUT2D eigenvalue weighted by atomic mass is 9.74. The molecule has 1 N–H and O–H groups in total. The molecule has 0 aliphatic heterocycles. The number of aliphatic hydroxyl groups is 1. The van der Waals surface area contributed by atoms with Gasteiger partial charge in [-0.25, -0.2) is 0 Å². The van der Waals surface area contributed by atoms with Crippen molar-refractivity contribution in [2.24, 2.45) is 0 Å². The summed E-state index contributed by atoms with van der Waals surface area (Å²) in [7, 11) is 0. The summed E-state index contributed by atoms with van der Waals surface area (Å²) in [4.78, 5) is 0. The molecule has 0 aromatic heterocycles. The summed E-state index contributed by atoms with van der Waals surface area (Å²) >= 11 is 0. The molecule has 1 aromatic carbocycles. The Hall–Kier alpha value is -1.03. The van der Waals surface area contributed by atoms with Crippen LogP contribution in [0.15, 0.2) is 30.3 Å². The topological polar surface area (TPSA) is 20.2 Å². The molecule has 0 spiro atoms. The van der Waals surface area contributed by atoms with E-state index in [0.717, 1.165) is 12.8 Å². The van der Waals surface area contributed by atoms with Crippen LogP contribution in [0.1, 0.15) is 50.0 Å². The Morgan fingerprint density at radius 3 is 2.21 bits per heavy atom. The van der Waals surface area contributed by atoms with E-state index in [4.69, 9.17) is 0 Å². The monoisotopic (exact) mass is 272 g/mol. The van der Waals surface area contributed by atoms with Crippen molar-refractivity contribution in [2.75, 3.05) is 0 Å². The molecule has 1 aliphatic rings. The maximum atomic E-state index is 12.2. The van der Waals surface area contributed by atoms with Gasteiger partial charge in [-0.1, -0.05) is 30.3 Å². The van der Waals surface area contributed by atoms with Gasteiger partial charge in [-0.3, -0.25) is 0 Å². The number of halogens is 3. The number of benzene rings is 1. The highest BCUT2D eigenvalue weighted by Crippen LogP contribution is 2.41. The normalized spacial score (nSPS) is 28.3. The highest BCUT2D eigenvalue weighted by molar-refractivity contribution is 5.20. The molecule has 19 heavy (non-hydrogen) atoms. The summed E-state index contributed by atoms with van der Waals surface area (Å²) in [5.41, 5.74) is 0.0984. The van der Waals surface area contributed by atoms with Crippen molar-refractivity contribution in [3.8, 4) is 0 Å². The molecule has 1 aromatic rings. The first-order chi connectivity index (χ1) is 8.88. The van der Waals surface area contributed by atoms with E-state index in [2.05, 4.69) is 0 Å². The maximum absolute atomic E-state index is 12.2. The van der Waals surface area contributed by atoms with E-state index in [9.17, 15) is 18.3 Å². The number of hydrogen-bond donors (Lipinski definition) is 1. The Bertz CT molecular complexity index is 392. The van der Waals surface area contributed by atoms with E-state index in [1.165, 1.54) is 5.56 Å². The molecule has 0 amide bonds. The van der Waals surface area contributed by atoms with Crippen molar-refractivity contribution in [3.05, 3.63) is 35.9 Å². The van der Waals surface area contributed by atoms with Crippen LogP contribution < -0.4 is 0 Å². The van der Waals surface area contributed by atoms with Crippen molar-refractivity contribution in [3.63, 3.8) is 0 Å². The molecule has 1 fully saturated rings. The lowest BCUT2D eigenvalue weighted by Crippen LogP contribution is -2.34. The fourth-order valence-corrected chi connectivity index (χ4v) is 2.84. The number of hydrogen-bond acceptors (Lipinski definition) is 1. The minimum atomic E-state index is -4.17. The first-order valence-electron chi connectivity index (χ1n) is 6.72. The molecule has 4 heteroatoms. The van der Waals surface area contributed by atoms with Gasteiger partial charge in [0, 0.05) is 6.42 Å². The van der Waals surface area contributed by atoms with Gasteiger partial charge in [0.2, 0.25) is 0 Å². The van der Waals surface area contributed by atoms with E-state index in [1.807, 2.05) is 30.3 Å². The fourth-order valence-electron chi connectivity index (χ4n) is 2.84. The molecule has 0 atom stereocenters. The zero-order valence-electron chi connectivity index (χ0n) is 10.8. The van der Waals surface area contributed by atoms with Gasteiger partial charge in [0.25, 0.3) is 0 Å². The highest BCUT2D eigenvalue weighted by Gasteiger charge is 2.37. The molecule has 0 saturated heterocycles. The molecule has 1 aliphatic carbocycles. The van der Waals surface area contributed by atoms with Crippen molar-refractivity contribution in [1.82, 2.24) is 0 Å². The first kappa shape index (κ1) is 14.4. The van der Waals surface area contributed by atoms with Crippen LogP contribution in [0.5, 0.6) is 0 Å². The predicted molar refractivity (Wildman–Crippen MR) is 67.9 cm³/mol. The second-order valence-corrected chi connectivity index (χ2v) is 5.52. The van der Waals surface area contributed by atoms with Crippen LogP contribution in [0, 0.1) is 0 Å².